The number of hydrogen-bond donors (Lipinski definition) is 1. The summed E-state index contributed by atoms with van der Waals surface area (Å²) in [5, 5.41) is 11.0. The Bertz CT molecular complexity index is 787. The number of aromatic carboxylic acids is 1. The molecule has 0 atom stereocenters. The summed E-state index contributed by atoms with van der Waals surface area (Å²) >= 11 is 1.70. The van der Waals surface area contributed by atoms with Crippen LogP contribution >= 0.6 is 11.8 Å². The smallest absolute Gasteiger partial charge is 0.354 e. The summed E-state index contributed by atoms with van der Waals surface area (Å²) in [6.07, 6.45) is 1.62. The van der Waals surface area contributed by atoms with Crippen LogP contribution in [0.1, 0.15) is 16.1 Å². The molecule has 21 heavy (non-hydrogen) atoms. The molecule has 3 rings (SSSR count). The van der Waals surface area contributed by atoms with Crippen molar-refractivity contribution in [1.82, 2.24) is 4.98 Å². The number of carboxylic acids is 1. The van der Waals surface area contributed by atoms with Gasteiger partial charge >= 0.3 is 5.97 Å². The number of fused-ring (bicyclic) bond motifs is 1. The monoisotopic (exact) mass is 295 g/mol. The molecule has 4 heteroatoms. The third kappa shape index (κ3) is 3.06. The molecule has 0 fully saturated rings. The van der Waals surface area contributed by atoms with Gasteiger partial charge in [0.25, 0.3) is 0 Å². The number of rotatable bonds is 4. The van der Waals surface area contributed by atoms with Crippen molar-refractivity contribution in [3.8, 4) is 0 Å². The lowest BCUT2D eigenvalue weighted by atomic mass is 10.1. The largest absolute Gasteiger partial charge is 0.477 e. The molecule has 3 aromatic rings. The lowest BCUT2D eigenvalue weighted by Gasteiger charge is -2.07. The van der Waals surface area contributed by atoms with Crippen LogP contribution in [-0.4, -0.2) is 16.1 Å². The Balaban J connectivity index is 1.94. The van der Waals surface area contributed by atoms with Crippen LogP contribution in [0.5, 0.6) is 0 Å². The van der Waals surface area contributed by atoms with Gasteiger partial charge in [-0.05, 0) is 23.1 Å². The predicted molar refractivity (Wildman–Crippen MR) is 84.7 cm³/mol. The van der Waals surface area contributed by atoms with Gasteiger partial charge in [-0.2, -0.15) is 0 Å². The number of nitrogens with zero attached hydrogens (tertiary/aromatic N) is 1. The van der Waals surface area contributed by atoms with E-state index in [9.17, 15) is 4.79 Å². The van der Waals surface area contributed by atoms with Crippen molar-refractivity contribution in [3.05, 3.63) is 72.1 Å². The maximum atomic E-state index is 11.1. The summed E-state index contributed by atoms with van der Waals surface area (Å²) in [5.74, 6) is -0.148. The fourth-order valence-corrected chi connectivity index (χ4v) is 3.14. The molecule has 0 saturated carbocycles. The highest BCUT2D eigenvalue weighted by Crippen LogP contribution is 2.30. The molecule has 104 valence electrons. The Morgan fingerprint density at radius 1 is 1.10 bits per heavy atom. The van der Waals surface area contributed by atoms with E-state index >= 15 is 0 Å². The third-order valence-corrected chi connectivity index (χ3v) is 4.32. The van der Waals surface area contributed by atoms with Gasteiger partial charge < -0.3 is 5.11 Å². The van der Waals surface area contributed by atoms with Crippen LogP contribution in [0, 0.1) is 0 Å². The normalized spacial score (nSPS) is 10.7. The molecule has 0 aliphatic carbocycles. The van der Waals surface area contributed by atoms with E-state index in [1.165, 1.54) is 5.56 Å². The van der Waals surface area contributed by atoms with Gasteiger partial charge in [-0.1, -0.05) is 42.5 Å². The van der Waals surface area contributed by atoms with Gasteiger partial charge in [0.05, 0.1) is 0 Å². The number of aromatic nitrogens is 1. The van der Waals surface area contributed by atoms with Crippen molar-refractivity contribution in [1.29, 1.82) is 0 Å². The van der Waals surface area contributed by atoms with Gasteiger partial charge in [0.15, 0.2) is 0 Å². The van der Waals surface area contributed by atoms with Crippen LogP contribution in [0.4, 0.5) is 0 Å². The Hall–Kier alpha value is -2.33. The first-order valence-corrected chi connectivity index (χ1v) is 7.51. The lowest BCUT2D eigenvalue weighted by Crippen LogP contribution is -1.99. The van der Waals surface area contributed by atoms with E-state index in [1.807, 2.05) is 36.4 Å². The lowest BCUT2D eigenvalue weighted by molar-refractivity contribution is 0.0690. The van der Waals surface area contributed by atoms with Gasteiger partial charge in [-0.3, -0.25) is 0 Å². The topological polar surface area (TPSA) is 50.2 Å². The van der Waals surface area contributed by atoms with Crippen molar-refractivity contribution in [3.63, 3.8) is 0 Å². The van der Waals surface area contributed by atoms with Gasteiger partial charge in [0, 0.05) is 22.2 Å². The zero-order valence-electron chi connectivity index (χ0n) is 11.2. The predicted octanol–water partition coefficient (Wildman–Crippen LogP) is 4.23. The molecule has 0 saturated heterocycles. The highest BCUT2D eigenvalue weighted by Gasteiger charge is 2.08. The van der Waals surface area contributed by atoms with E-state index in [0.29, 0.717) is 0 Å². The average Bonchev–Trinajstić information content (AvgIpc) is 2.53. The molecule has 0 radical (unpaired) electrons. The molecule has 1 heterocycles. The van der Waals surface area contributed by atoms with E-state index in [-0.39, 0.29) is 5.69 Å². The molecule has 0 amide bonds. The second kappa shape index (κ2) is 5.97. The van der Waals surface area contributed by atoms with E-state index in [0.717, 1.165) is 21.4 Å². The summed E-state index contributed by atoms with van der Waals surface area (Å²) in [6, 6.07) is 17.8. The average molecular weight is 295 g/mol. The molecule has 1 N–H and O–H groups in total. The minimum Gasteiger partial charge on any atom is -0.477 e. The van der Waals surface area contributed by atoms with Crippen LogP contribution in [0.15, 0.2) is 65.7 Å². The van der Waals surface area contributed by atoms with Gasteiger partial charge in [0.2, 0.25) is 0 Å². The SMILES string of the molecule is O=C(O)c1cc2c(SCc3ccccc3)cccc2cn1. The first kappa shape index (κ1) is 13.6. The highest BCUT2D eigenvalue weighted by molar-refractivity contribution is 7.98. The molecule has 3 nitrogen and oxygen atoms in total. The second-order valence-electron chi connectivity index (χ2n) is 4.63. The molecule has 0 spiro atoms. The first-order valence-electron chi connectivity index (χ1n) is 6.53. The Morgan fingerprint density at radius 3 is 2.67 bits per heavy atom. The van der Waals surface area contributed by atoms with Crippen LogP contribution in [0.3, 0.4) is 0 Å². The number of thioether (sulfide) groups is 1. The van der Waals surface area contributed by atoms with Crippen molar-refractivity contribution >= 4 is 28.5 Å². The van der Waals surface area contributed by atoms with Crippen molar-refractivity contribution < 1.29 is 9.90 Å². The van der Waals surface area contributed by atoms with Crippen LogP contribution in [-0.2, 0) is 5.75 Å². The van der Waals surface area contributed by atoms with Crippen LogP contribution in [0.2, 0.25) is 0 Å². The van der Waals surface area contributed by atoms with Gasteiger partial charge in [-0.15, -0.1) is 11.8 Å². The second-order valence-corrected chi connectivity index (χ2v) is 5.64. The number of hydrogen-bond acceptors (Lipinski definition) is 3. The minimum absolute atomic E-state index is 0.0789. The van der Waals surface area contributed by atoms with E-state index in [2.05, 4.69) is 17.1 Å². The van der Waals surface area contributed by atoms with E-state index in [4.69, 9.17) is 5.11 Å². The quantitative estimate of drug-likeness (QED) is 0.732. The van der Waals surface area contributed by atoms with Crippen LogP contribution < -0.4 is 0 Å². The maximum Gasteiger partial charge on any atom is 0.354 e. The Labute approximate surface area is 126 Å². The molecule has 0 bridgehead atoms. The molecule has 0 unspecified atom stereocenters. The fourth-order valence-electron chi connectivity index (χ4n) is 2.12. The fraction of sp³-hybridized carbons (Fsp3) is 0.0588. The molecular weight excluding hydrogens is 282 g/mol. The van der Waals surface area contributed by atoms with Gasteiger partial charge in [-0.25, -0.2) is 9.78 Å². The summed E-state index contributed by atoms with van der Waals surface area (Å²) < 4.78 is 0. The molecular formula is C17H13NO2S. The summed E-state index contributed by atoms with van der Waals surface area (Å²) in [4.78, 5) is 16.1. The number of benzene rings is 2. The zero-order chi connectivity index (χ0) is 14.7. The maximum absolute atomic E-state index is 11.1. The van der Waals surface area contributed by atoms with Gasteiger partial charge in [0.1, 0.15) is 5.69 Å². The molecule has 0 aliphatic heterocycles. The highest BCUT2D eigenvalue weighted by atomic mass is 32.2. The molecule has 1 aromatic heterocycles. The summed E-state index contributed by atoms with van der Waals surface area (Å²) in [6.45, 7) is 0. The van der Waals surface area contributed by atoms with Crippen LogP contribution in [0.25, 0.3) is 10.8 Å². The number of pyridine rings is 1. The third-order valence-electron chi connectivity index (χ3n) is 3.18. The molecule has 2 aromatic carbocycles. The molecule has 0 aliphatic rings. The summed E-state index contributed by atoms with van der Waals surface area (Å²) in [7, 11) is 0. The minimum atomic E-state index is -1.00. The number of carboxylic acid groups (broad SMARTS) is 1. The van der Waals surface area contributed by atoms with Crippen molar-refractivity contribution in [2.75, 3.05) is 0 Å². The van der Waals surface area contributed by atoms with Crippen molar-refractivity contribution in [2.24, 2.45) is 0 Å². The summed E-state index contributed by atoms with van der Waals surface area (Å²) in [5.41, 5.74) is 1.32. The van der Waals surface area contributed by atoms with Crippen molar-refractivity contribution in [2.45, 2.75) is 10.6 Å². The Morgan fingerprint density at radius 2 is 1.90 bits per heavy atom. The zero-order valence-corrected chi connectivity index (χ0v) is 12.0. The van der Waals surface area contributed by atoms with E-state index in [1.54, 1.807) is 24.0 Å². The first-order chi connectivity index (χ1) is 10.2. The van der Waals surface area contributed by atoms with E-state index < -0.39 is 5.97 Å². The standard InChI is InChI=1S/C17H13NO2S/c19-17(20)15-9-14-13(10-18-15)7-4-8-16(14)21-11-12-5-2-1-3-6-12/h1-10H,11H2,(H,19,20). The Kier molecular flexibility index (Phi) is 3.88. The number of carbonyl (C=O) groups is 1.